The van der Waals surface area contributed by atoms with Crippen molar-refractivity contribution in [3.8, 4) is 5.69 Å². The van der Waals surface area contributed by atoms with E-state index in [1.54, 1.807) is 23.0 Å². The maximum Gasteiger partial charge on any atom is 0.240 e. The van der Waals surface area contributed by atoms with E-state index in [1.165, 1.54) is 25.4 Å². The first-order valence-electron chi connectivity index (χ1n) is 4.87. The Morgan fingerprint density at radius 3 is 2.41 bits per heavy atom. The van der Waals surface area contributed by atoms with Crippen molar-refractivity contribution in [3.63, 3.8) is 0 Å². The van der Waals surface area contributed by atoms with Gasteiger partial charge in [0.25, 0.3) is 0 Å². The zero-order valence-electron chi connectivity index (χ0n) is 9.16. The fraction of sp³-hybridized carbons (Fsp3) is 0.100. The van der Waals surface area contributed by atoms with E-state index in [0.29, 0.717) is 5.69 Å². The number of nitrogens with one attached hydrogen (secondary N) is 1. The number of benzene rings is 1. The van der Waals surface area contributed by atoms with Crippen molar-refractivity contribution in [1.82, 2.24) is 14.5 Å². The van der Waals surface area contributed by atoms with Crippen LogP contribution >= 0.6 is 0 Å². The number of nitrogens with zero attached hydrogens (tertiary/aromatic N) is 2. The number of anilines is 1. The average Bonchev–Trinajstić information content (AvgIpc) is 2.76. The third-order valence-electron chi connectivity index (χ3n) is 2.28. The van der Waals surface area contributed by atoms with Crippen molar-refractivity contribution in [3.05, 3.63) is 36.7 Å². The summed E-state index contributed by atoms with van der Waals surface area (Å²) in [7, 11) is -2.02. The Morgan fingerprint density at radius 2 is 1.94 bits per heavy atom. The number of nitrogens with two attached hydrogens (primary N) is 1. The van der Waals surface area contributed by atoms with Crippen LogP contribution in [-0.4, -0.2) is 25.2 Å². The molecule has 0 spiro atoms. The lowest BCUT2D eigenvalue weighted by Crippen LogP contribution is -2.18. The summed E-state index contributed by atoms with van der Waals surface area (Å²) in [6.07, 6.45) is 3.18. The van der Waals surface area contributed by atoms with Gasteiger partial charge in [-0.3, -0.25) is 0 Å². The molecule has 0 fully saturated rings. The molecule has 0 saturated heterocycles. The smallest absolute Gasteiger partial charge is 0.240 e. The number of sulfonamides is 1. The largest absolute Gasteiger partial charge is 0.396 e. The van der Waals surface area contributed by atoms with E-state index >= 15 is 0 Å². The molecule has 0 aliphatic carbocycles. The first kappa shape index (κ1) is 11.6. The highest BCUT2D eigenvalue weighted by atomic mass is 32.2. The Balaban J connectivity index is 2.37. The predicted octanol–water partition coefficient (Wildman–Crippen LogP) is 0.363. The third kappa shape index (κ3) is 2.29. The van der Waals surface area contributed by atoms with Crippen LogP contribution in [0.15, 0.2) is 41.6 Å². The van der Waals surface area contributed by atoms with Crippen LogP contribution in [-0.2, 0) is 10.0 Å². The van der Waals surface area contributed by atoms with Crippen molar-refractivity contribution in [2.24, 2.45) is 0 Å². The summed E-state index contributed by atoms with van der Waals surface area (Å²) >= 11 is 0. The minimum Gasteiger partial charge on any atom is -0.396 e. The monoisotopic (exact) mass is 252 g/mol. The van der Waals surface area contributed by atoms with Crippen LogP contribution < -0.4 is 10.5 Å². The molecule has 0 bridgehead atoms. The minimum absolute atomic E-state index is 0.212. The summed E-state index contributed by atoms with van der Waals surface area (Å²) in [6, 6.07) is 6.35. The van der Waals surface area contributed by atoms with E-state index in [9.17, 15) is 8.42 Å². The quantitative estimate of drug-likeness (QED) is 0.825. The lowest BCUT2D eigenvalue weighted by atomic mass is 10.3. The van der Waals surface area contributed by atoms with Crippen molar-refractivity contribution in [2.45, 2.75) is 4.90 Å². The molecule has 0 amide bonds. The standard InChI is InChI=1S/C10H12N4O2S/c1-12-17(15,16)10-4-2-9(3-5-10)14-7-8(11)6-13-14/h2-7,12H,11H2,1H3. The van der Waals surface area contributed by atoms with Gasteiger partial charge in [-0.05, 0) is 31.3 Å². The second-order valence-corrected chi connectivity index (χ2v) is 5.31. The van der Waals surface area contributed by atoms with Crippen LogP contribution in [0.5, 0.6) is 0 Å². The van der Waals surface area contributed by atoms with Crippen LogP contribution in [0.1, 0.15) is 0 Å². The number of hydrogen-bond donors (Lipinski definition) is 2. The summed E-state index contributed by atoms with van der Waals surface area (Å²) < 4.78 is 26.8. The van der Waals surface area contributed by atoms with Gasteiger partial charge in [0.2, 0.25) is 10.0 Å². The summed E-state index contributed by atoms with van der Waals surface area (Å²) in [5, 5.41) is 4.02. The van der Waals surface area contributed by atoms with E-state index in [2.05, 4.69) is 9.82 Å². The maximum atomic E-state index is 11.5. The van der Waals surface area contributed by atoms with Crippen molar-refractivity contribution in [2.75, 3.05) is 12.8 Å². The van der Waals surface area contributed by atoms with Gasteiger partial charge in [-0.1, -0.05) is 0 Å². The summed E-state index contributed by atoms with van der Waals surface area (Å²) in [5.74, 6) is 0. The van der Waals surface area contributed by atoms with E-state index in [-0.39, 0.29) is 4.90 Å². The van der Waals surface area contributed by atoms with Crippen molar-refractivity contribution < 1.29 is 8.42 Å². The molecular weight excluding hydrogens is 240 g/mol. The molecule has 2 rings (SSSR count). The molecule has 1 aromatic heterocycles. The van der Waals surface area contributed by atoms with Gasteiger partial charge >= 0.3 is 0 Å². The van der Waals surface area contributed by atoms with Gasteiger partial charge in [0.15, 0.2) is 0 Å². The first-order chi connectivity index (χ1) is 8.03. The molecule has 0 atom stereocenters. The van der Waals surface area contributed by atoms with Crippen molar-refractivity contribution in [1.29, 1.82) is 0 Å². The highest BCUT2D eigenvalue weighted by molar-refractivity contribution is 7.89. The number of rotatable bonds is 3. The molecule has 17 heavy (non-hydrogen) atoms. The third-order valence-corrected chi connectivity index (χ3v) is 3.71. The normalized spacial score (nSPS) is 11.6. The maximum absolute atomic E-state index is 11.5. The second kappa shape index (κ2) is 4.19. The topological polar surface area (TPSA) is 90.0 Å². The lowest BCUT2D eigenvalue weighted by Gasteiger charge is -2.04. The van der Waals surface area contributed by atoms with E-state index < -0.39 is 10.0 Å². The molecule has 1 aromatic carbocycles. The summed E-state index contributed by atoms with van der Waals surface area (Å²) in [5.41, 5.74) is 6.85. The van der Waals surface area contributed by atoms with Gasteiger partial charge in [-0.25, -0.2) is 17.8 Å². The summed E-state index contributed by atoms with van der Waals surface area (Å²) in [4.78, 5) is 0.212. The van der Waals surface area contributed by atoms with Gasteiger partial charge in [-0.15, -0.1) is 0 Å². The van der Waals surface area contributed by atoms with Crippen LogP contribution in [0.3, 0.4) is 0 Å². The Morgan fingerprint density at radius 1 is 1.29 bits per heavy atom. The fourth-order valence-electron chi connectivity index (χ4n) is 1.37. The molecule has 6 nitrogen and oxygen atoms in total. The molecule has 3 N–H and O–H groups in total. The molecular formula is C10H12N4O2S. The second-order valence-electron chi connectivity index (χ2n) is 3.42. The van der Waals surface area contributed by atoms with Gasteiger partial charge in [-0.2, -0.15) is 5.10 Å². The van der Waals surface area contributed by atoms with Gasteiger partial charge in [0, 0.05) is 0 Å². The SMILES string of the molecule is CNS(=O)(=O)c1ccc(-n2cc(N)cn2)cc1. The molecule has 0 aliphatic heterocycles. The number of nitrogen functional groups attached to an aromatic ring is 1. The van der Waals surface area contributed by atoms with Gasteiger partial charge in [0.1, 0.15) is 0 Å². The van der Waals surface area contributed by atoms with E-state index in [4.69, 9.17) is 5.73 Å². The lowest BCUT2D eigenvalue weighted by molar-refractivity contribution is 0.588. The number of aromatic nitrogens is 2. The first-order valence-corrected chi connectivity index (χ1v) is 6.35. The molecule has 2 aromatic rings. The van der Waals surface area contributed by atoms with Gasteiger partial charge in [0.05, 0.1) is 28.7 Å². The zero-order chi connectivity index (χ0) is 12.5. The van der Waals surface area contributed by atoms with E-state index in [1.807, 2.05) is 0 Å². The van der Waals surface area contributed by atoms with Crippen molar-refractivity contribution >= 4 is 15.7 Å². The molecule has 0 saturated carbocycles. The Labute approximate surface area is 99.1 Å². The number of hydrogen-bond acceptors (Lipinski definition) is 4. The Hall–Kier alpha value is -1.86. The van der Waals surface area contributed by atoms with Crippen LogP contribution in [0.25, 0.3) is 5.69 Å². The Kier molecular flexibility index (Phi) is 2.86. The molecule has 0 aliphatic rings. The summed E-state index contributed by atoms with van der Waals surface area (Å²) in [6.45, 7) is 0. The fourth-order valence-corrected chi connectivity index (χ4v) is 2.10. The highest BCUT2D eigenvalue weighted by Crippen LogP contribution is 2.13. The van der Waals surface area contributed by atoms with Crippen LogP contribution in [0.4, 0.5) is 5.69 Å². The molecule has 0 radical (unpaired) electrons. The molecule has 0 unspecified atom stereocenters. The predicted molar refractivity (Wildman–Crippen MR) is 64.2 cm³/mol. The van der Waals surface area contributed by atoms with Crippen LogP contribution in [0.2, 0.25) is 0 Å². The van der Waals surface area contributed by atoms with Crippen LogP contribution in [0, 0.1) is 0 Å². The van der Waals surface area contributed by atoms with Gasteiger partial charge < -0.3 is 5.73 Å². The highest BCUT2D eigenvalue weighted by Gasteiger charge is 2.10. The molecule has 1 heterocycles. The molecule has 90 valence electrons. The minimum atomic E-state index is -3.40. The Bertz CT molecular complexity index is 616. The average molecular weight is 252 g/mol. The van der Waals surface area contributed by atoms with E-state index in [0.717, 1.165) is 5.69 Å². The zero-order valence-corrected chi connectivity index (χ0v) is 9.98. The molecule has 7 heteroatoms.